The van der Waals surface area contributed by atoms with Crippen LogP contribution in [0.15, 0.2) is 11.4 Å². The number of hydrogen-bond acceptors (Lipinski definition) is 3. The summed E-state index contributed by atoms with van der Waals surface area (Å²) in [5.41, 5.74) is 6.20. The first-order valence-electron chi connectivity index (χ1n) is 4.33. The van der Waals surface area contributed by atoms with Gasteiger partial charge in [0.2, 0.25) is 0 Å². The van der Waals surface area contributed by atoms with Gasteiger partial charge in [0.25, 0.3) is 0 Å². The largest absolute Gasteiger partial charge is 0.496 e. The highest BCUT2D eigenvalue weighted by Gasteiger charge is 2.23. The number of nitrogens with two attached hydrogens (primary N) is 1. The third-order valence-corrected chi connectivity index (χ3v) is 3.07. The summed E-state index contributed by atoms with van der Waals surface area (Å²) in [6.07, 6.45) is 0. The van der Waals surface area contributed by atoms with Crippen LogP contribution in [0.25, 0.3) is 0 Å². The molecule has 0 aliphatic carbocycles. The summed E-state index contributed by atoms with van der Waals surface area (Å²) in [4.78, 5) is 1.18. The Morgan fingerprint density at radius 1 is 1.46 bits per heavy atom. The van der Waals surface area contributed by atoms with Gasteiger partial charge in [-0.25, -0.2) is 0 Å². The zero-order chi connectivity index (χ0) is 10.1. The Hall–Kier alpha value is -0.540. The topological polar surface area (TPSA) is 35.2 Å². The Kier molecular flexibility index (Phi) is 2.98. The second-order valence-corrected chi connectivity index (χ2v) is 5.18. The fourth-order valence-electron chi connectivity index (χ4n) is 1.03. The van der Waals surface area contributed by atoms with Crippen molar-refractivity contribution in [1.82, 2.24) is 0 Å². The molecule has 0 bridgehead atoms. The van der Waals surface area contributed by atoms with Crippen LogP contribution in [-0.4, -0.2) is 7.11 Å². The van der Waals surface area contributed by atoms with Crippen LogP contribution < -0.4 is 10.5 Å². The highest BCUT2D eigenvalue weighted by Crippen LogP contribution is 2.35. The van der Waals surface area contributed by atoms with Crippen molar-refractivity contribution in [3.63, 3.8) is 0 Å². The molecule has 1 heterocycles. The highest BCUT2D eigenvalue weighted by molar-refractivity contribution is 7.10. The van der Waals surface area contributed by atoms with Crippen molar-refractivity contribution in [3.05, 3.63) is 16.3 Å². The fourth-order valence-corrected chi connectivity index (χ4v) is 2.13. The van der Waals surface area contributed by atoms with Crippen molar-refractivity contribution in [2.75, 3.05) is 7.11 Å². The van der Waals surface area contributed by atoms with E-state index in [0.29, 0.717) is 0 Å². The molecule has 0 aliphatic heterocycles. The summed E-state index contributed by atoms with van der Waals surface area (Å²) >= 11 is 1.66. The lowest BCUT2D eigenvalue weighted by molar-refractivity contribution is 0.330. The number of methoxy groups -OCH3 is 1. The van der Waals surface area contributed by atoms with E-state index in [1.807, 2.05) is 11.4 Å². The van der Waals surface area contributed by atoms with Crippen LogP contribution in [0.2, 0.25) is 0 Å². The van der Waals surface area contributed by atoms with Gasteiger partial charge in [-0.15, -0.1) is 11.3 Å². The molecule has 1 unspecified atom stereocenters. The van der Waals surface area contributed by atoms with Crippen LogP contribution in [0.5, 0.6) is 5.75 Å². The van der Waals surface area contributed by atoms with Crippen molar-refractivity contribution in [3.8, 4) is 5.75 Å². The van der Waals surface area contributed by atoms with E-state index in [-0.39, 0.29) is 11.5 Å². The molecule has 0 amide bonds. The molecular formula is C10H17NOS. The molecule has 13 heavy (non-hydrogen) atoms. The van der Waals surface area contributed by atoms with Crippen molar-refractivity contribution in [2.45, 2.75) is 26.8 Å². The Bertz CT molecular complexity index is 275. The molecule has 74 valence electrons. The van der Waals surface area contributed by atoms with Gasteiger partial charge in [-0.05, 0) is 11.5 Å². The molecule has 0 spiro atoms. The Morgan fingerprint density at radius 3 is 2.46 bits per heavy atom. The van der Waals surface area contributed by atoms with Crippen LogP contribution in [0.4, 0.5) is 0 Å². The fraction of sp³-hybridized carbons (Fsp3) is 0.600. The predicted octanol–water partition coefficient (Wildman–Crippen LogP) is 2.80. The molecule has 0 aromatic carbocycles. The smallest absolute Gasteiger partial charge is 0.129 e. The molecule has 2 nitrogen and oxygen atoms in total. The molecule has 0 saturated heterocycles. The minimum atomic E-state index is 0.0846. The van der Waals surface area contributed by atoms with E-state index in [0.717, 1.165) is 5.75 Å². The van der Waals surface area contributed by atoms with E-state index < -0.39 is 0 Å². The molecule has 1 atom stereocenters. The number of hydrogen-bond donors (Lipinski definition) is 1. The minimum Gasteiger partial charge on any atom is -0.496 e. The molecule has 0 aliphatic rings. The lowest BCUT2D eigenvalue weighted by Gasteiger charge is -2.25. The molecule has 0 radical (unpaired) electrons. The number of rotatable bonds is 2. The van der Waals surface area contributed by atoms with Gasteiger partial charge in [0.05, 0.1) is 7.11 Å². The Morgan fingerprint density at radius 2 is 2.08 bits per heavy atom. The van der Waals surface area contributed by atoms with Crippen molar-refractivity contribution in [1.29, 1.82) is 0 Å². The Labute approximate surface area is 83.7 Å². The van der Waals surface area contributed by atoms with Gasteiger partial charge in [-0.2, -0.15) is 0 Å². The summed E-state index contributed by atoms with van der Waals surface area (Å²) in [5, 5.41) is 1.99. The van der Waals surface area contributed by atoms with Crippen LogP contribution in [0, 0.1) is 5.41 Å². The van der Waals surface area contributed by atoms with Crippen molar-refractivity contribution < 1.29 is 4.74 Å². The maximum absolute atomic E-state index is 6.09. The molecule has 2 N–H and O–H groups in total. The summed E-state index contributed by atoms with van der Waals surface area (Å²) in [5.74, 6) is 0.903. The van der Waals surface area contributed by atoms with Gasteiger partial charge in [0, 0.05) is 16.3 Å². The SMILES string of the molecule is COc1csc(C(N)C(C)(C)C)c1. The van der Waals surface area contributed by atoms with E-state index in [9.17, 15) is 0 Å². The summed E-state index contributed by atoms with van der Waals surface area (Å²) in [7, 11) is 1.68. The molecule has 1 aromatic rings. The van der Waals surface area contributed by atoms with E-state index in [1.54, 1.807) is 18.4 Å². The monoisotopic (exact) mass is 199 g/mol. The third kappa shape index (κ3) is 2.45. The zero-order valence-corrected chi connectivity index (χ0v) is 9.44. The Balaban J connectivity index is 2.83. The van der Waals surface area contributed by atoms with Crippen LogP contribution >= 0.6 is 11.3 Å². The summed E-state index contributed by atoms with van der Waals surface area (Å²) < 4.78 is 5.11. The van der Waals surface area contributed by atoms with E-state index in [1.165, 1.54) is 4.88 Å². The lowest BCUT2D eigenvalue weighted by atomic mass is 9.86. The van der Waals surface area contributed by atoms with Crippen molar-refractivity contribution in [2.24, 2.45) is 11.1 Å². The second-order valence-electron chi connectivity index (χ2n) is 4.23. The highest BCUT2D eigenvalue weighted by atomic mass is 32.1. The quantitative estimate of drug-likeness (QED) is 0.795. The van der Waals surface area contributed by atoms with Crippen LogP contribution in [0.3, 0.4) is 0 Å². The van der Waals surface area contributed by atoms with Gasteiger partial charge in [0.15, 0.2) is 0 Å². The van der Waals surface area contributed by atoms with Gasteiger partial charge < -0.3 is 10.5 Å². The molecule has 0 fully saturated rings. The van der Waals surface area contributed by atoms with Gasteiger partial charge in [-0.1, -0.05) is 20.8 Å². The van der Waals surface area contributed by atoms with Crippen LogP contribution in [0.1, 0.15) is 31.7 Å². The van der Waals surface area contributed by atoms with Gasteiger partial charge in [0.1, 0.15) is 5.75 Å². The standard InChI is InChI=1S/C10H17NOS/c1-10(2,3)9(11)8-5-7(12-4)6-13-8/h5-6,9H,11H2,1-4H3. The summed E-state index contributed by atoms with van der Waals surface area (Å²) in [6, 6.07) is 2.10. The predicted molar refractivity (Wildman–Crippen MR) is 57.3 cm³/mol. The van der Waals surface area contributed by atoms with E-state index in [4.69, 9.17) is 10.5 Å². The van der Waals surface area contributed by atoms with E-state index in [2.05, 4.69) is 20.8 Å². The molecule has 1 aromatic heterocycles. The normalized spacial score (nSPS) is 14.2. The first-order chi connectivity index (χ1) is 5.95. The lowest BCUT2D eigenvalue weighted by Crippen LogP contribution is -2.25. The first-order valence-corrected chi connectivity index (χ1v) is 5.21. The molecular weight excluding hydrogens is 182 g/mol. The minimum absolute atomic E-state index is 0.0846. The maximum Gasteiger partial charge on any atom is 0.129 e. The number of thiophene rings is 1. The van der Waals surface area contributed by atoms with Gasteiger partial charge in [-0.3, -0.25) is 0 Å². The van der Waals surface area contributed by atoms with Crippen molar-refractivity contribution >= 4 is 11.3 Å². The molecule has 0 saturated carbocycles. The number of ether oxygens (including phenoxy) is 1. The van der Waals surface area contributed by atoms with E-state index >= 15 is 0 Å². The van der Waals surface area contributed by atoms with Crippen LogP contribution in [-0.2, 0) is 0 Å². The second kappa shape index (κ2) is 3.68. The average Bonchev–Trinajstić information content (AvgIpc) is 2.48. The maximum atomic E-state index is 6.09. The van der Waals surface area contributed by atoms with Gasteiger partial charge >= 0.3 is 0 Å². The zero-order valence-electron chi connectivity index (χ0n) is 8.63. The third-order valence-electron chi connectivity index (χ3n) is 2.07. The molecule has 1 rings (SSSR count). The average molecular weight is 199 g/mol. The first kappa shape index (κ1) is 10.5. The summed E-state index contributed by atoms with van der Waals surface area (Å²) in [6.45, 7) is 6.43. The molecule has 3 heteroatoms.